The Hall–Kier alpha value is -2.34. The molecule has 0 aliphatic carbocycles. The van der Waals surface area contributed by atoms with Gasteiger partial charge in [-0.2, -0.15) is 0 Å². The van der Waals surface area contributed by atoms with Gasteiger partial charge in [-0.15, -0.1) is 13.2 Å². The van der Waals surface area contributed by atoms with Gasteiger partial charge < -0.3 is 15.0 Å². The fourth-order valence-corrected chi connectivity index (χ4v) is 3.76. The lowest BCUT2D eigenvalue weighted by molar-refractivity contribution is -0.274. The van der Waals surface area contributed by atoms with Crippen molar-refractivity contribution in [1.82, 2.24) is 9.21 Å². The average molecular weight is 494 g/mol. The Morgan fingerprint density at radius 1 is 1.09 bits per heavy atom. The van der Waals surface area contributed by atoms with E-state index in [9.17, 15) is 26.4 Å². The van der Waals surface area contributed by atoms with E-state index in [0.29, 0.717) is 13.1 Å². The lowest BCUT2D eigenvalue weighted by atomic mass is 10.2. The van der Waals surface area contributed by atoms with Crippen LogP contribution in [0.4, 0.5) is 18.9 Å². The molecule has 0 aromatic heterocycles. The van der Waals surface area contributed by atoms with Crippen LogP contribution in [0.15, 0.2) is 47.4 Å². The molecular formula is C20H23ClF3N3O4S. The summed E-state index contributed by atoms with van der Waals surface area (Å²) >= 11 is 6.08. The summed E-state index contributed by atoms with van der Waals surface area (Å²) in [6.07, 6.45) is -4.66. The molecule has 2 aromatic carbocycles. The number of hydrogen-bond donors (Lipinski definition) is 1. The Kier molecular flexibility index (Phi) is 8.52. The average Bonchev–Trinajstić information content (AvgIpc) is 2.68. The van der Waals surface area contributed by atoms with E-state index >= 15 is 0 Å². The molecular weight excluding hydrogens is 471 g/mol. The molecule has 1 amide bonds. The minimum Gasteiger partial charge on any atom is -0.406 e. The van der Waals surface area contributed by atoms with Crippen molar-refractivity contribution in [1.29, 1.82) is 0 Å². The van der Waals surface area contributed by atoms with Crippen LogP contribution in [0.2, 0.25) is 5.02 Å². The second kappa shape index (κ2) is 10.5. The summed E-state index contributed by atoms with van der Waals surface area (Å²) in [5, 5.41) is 2.81. The summed E-state index contributed by atoms with van der Waals surface area (Å²) in [4.78, 5) is 14.1. The van der Waals surface area contributed by atoms with Crippen molar-refractivity contribution in [2.75, 3.05) is 33.0 Å². The Morgan fingerprint density at radius 3 is 2.28 bits per heavy atom. The number of benzene rings is 2. The predicted molar refractivity (Wildman–Crippen MR) is 115 cm³/mol. The zero-order chi connectivity index (χ0) is 24.1. The molecule has 0 unspecified atom stereocenters. The normalized spacial score (nSPS) is 12.3. The van der Waals surface area contributed by atoms with Crippen molar-refractivity contribution in [3.8, 4) is 5.75 Å². The Morgan fingerprint density at radius 2 is 1.72 bits per heavy atom. The molecule has 2 aromatic rings. The number of alkyl halides is 3. The third-order valence-electron chi connectivity index (χ3n) is 4.32. The fourth-order valence-electron chi connectivity index (χ4n) is 2.66. The number of ether oxygens (including phenoxy) is 1. The van der Waals surface area contributed by atoms with Crippen molar-refractivity contribution in [2.45, 2.75) is 24.2 Å². The van der Waals surface area contributed by atoms with E-state index in [1.807, 2.05) is 4.90 Å². The van der Waals surface area contributed by atoms with Crippen LogP contribution in [0.3, 0.4) is 0 Å². The lowest BCUT2D eigenvalue weighted by Gasteiger charge is -2.17. The Labute approximate surface area is 189 Å². The predicted octanol–water partition coefficient (Wildman–Crippen LogP) is 3.95. The Bertz CT molecular complexity index is 1050. The molecule has 0 aliphatic rings. The first kappa shape index (κ1) is 25.9. The molecule has 7 nitrogen and oxygen atoms in total. The van der Waals surface area contributed by atoms with E-state index < -0.39 is 16.4 Å². The minimum absolute atomic E-state index is 0.00253. The zero-order valence-corrected chi connectivity index (χ0v) is 19.2. The van der Waals surface area contributed by atoms with Crippen molar-refractivity contribution >= 4 is 33.2 Å². The molecule has 1 N–H and O–H groups in total. The molecule has 176 valence electrons. The summed E-state index contributed by atoms with van der Waals surface area (Å²) in [7, 11) is 0.868. The van der Waals surface area contributed by atoms with Crippen LogP contribution in [0.25, 0.3) is 0 Å². The van der Waals surface area contributed by atoms with Gasteiger partial charge >= 0.3 is 6.36 Å². The van der Waals surface area contributed by atoms with E-state index in [2.05, 4.69) is 10.1 Å². The van der Waals surface area contributed by atoms with E-state index in [1.54, 1.807) is 7.05 Å². The molecule has 0 heterocycles. The maximum Gasteiger partial charge on any atom is 0.573 e. The topological polar surface area (TPSA) is 79.0 Å². The van der Waals surface area contributed by atoms with E-state index in [-0.39, 0.29) is 33.7 Å². The number of carbonyl (C=O) groups is 1. The van der Waals surface area contributed by atoms with Gasteiger partial charge in [0, 0.05) is 33.6 Å². The number of nitrogens with zero attached hydrogens (tertiary/aromatic N) is 2. The van der Waals surface area contributed by atoms with Crippen LogP contribution in [0.1, 0.15) is 12.0 Å². The molecule has 0 atom stereocenters. The molecule has 0 aliphatic heterocycles. The van der Waals surface area contributed by atoms with Crippen LogP contribution in [0.5, 0.6) is 5.75 Å². The number of carbonyl (C=O) groups excluding carboxylic acids is 1. The first-order chi connectivity index (χ1) is 14.8. The molecule has 0 spiro atoms. The van der Waals surface area contributed by atoms with Gasteiger partial charge in [-0.3, -0.25) is 4.79 Å². The minimum atomic E-state index is -4.75. The summed E-state index contributed by atoms with van der Waals surface area (Å²) in [6.45, 7) is 0.747. The van der Waals surface area contributed by atoms with Crippen molar-refractivity contribution in [2.24, 2.45) is 0 Å². The quantitative estimate of drug-likeness (QED) is 0.572. The molecule has 0 saturated heterocycles. The lowest BCUT2D eigenvalue weighted by Crippen LogP contribution is -2.24. The first-order valence-electron chi connectivity index (χ1n) is 9.33. The van der Waals surface area contributed by atoms with Crippen molar-refractivity contribution in [3.63, 3.8) is 0 Å². The third-order valence-corrected chi connectivity index (χ3v) is 6.46. The number of anilines is 1. The second-order valence-corrected chi connectivity index (χ2v) is 9.72. The van der Waals surface area contributed by atoms with Crippen LogP contribution in [-0.4, -0.2) is 57.6 Å². The molecule has 0 bridgehead atoms. The van der Waals surface area contributed by atoms with Gasteiger partial charge in [0.2, 0.25) is 15.9 Å². The fraction of sp³-hybridized carbons (Fsp3) is 0.350. The largest absolute Gasteiger partial charge is 0.573 e. The summed E-state index contributed by atoms with van der Waals surface area (Å²) in [5.41, 5.74) is 0.926. The highest BCUT2D eigenvalue weighted by Crippen LogP contribution is 2.27. The third kappa shape index (κ3) is 7.66. The van der Waals surface area contributed by atoms with Crippen LogP contribution in [-0.2, 0) is 21.4 Å². The number of rotatable bonds is 9. The molecule has 12 heteroatoms. The summed E-state index contributed by atoms with van der Waals surface area (Å²) < 4.78 is 66.1. The van der Waals surface area contributed by atoms with E-state index in [1.165, 1.54) is 56.6 Å². The number of nitrogens with one attached hydrogen (secondary N) is 1. The molecule has 0 radical (unpaired) electrons. The monoisotopic (exact) mass is 493 g/mol. The van der Waals surface area contributed by atoms with Gasteiger partial charge in [0.15, 0.2) is 0 Å². The highest BCUT2D eigenvalue weighted by atomic mass is 35.5. The number of hydrogen-bond acceptors (Lipinski definition) is 5. The maximum absolute atomic E-state index is 12.3. The molecule has 32 heavy (non-hydrogen) atoms. The van der Waals surface area contributed by atoms with Gasteiger partial charge in [-0.1, -0.05) is 23.7 Å². The highest BCUT2D eigenvalue weighted by Gasteiger charge is 2.31. The summed E-state index contributed by atoms with van der Waals surface area (Å²) in [6, 6.07) is 9.50. The van der Waals surface area contributed by atoms with Crippen molar-refractivity contribution in [3.05, 3.63) is 53.1 Å². The standard InChI is InChI=1S/C20H23ClF3N3O4S/c1-26(2)32(29,30)16-8-9-17(21)18(12-16)25-19(28)10-11-27(3)13-14-4-6-15(7-5-14)31-20(22,23)24/h4-9,12H,10-11,13H2,1-3H3,(H,25,28). The van der Waals surface area contributed by atoms with Crippen molar-refractivity contribution < 1.29 is 31.1 Å². The van der Waals surface area contributed by atoms with Crippen LogP contribution < -0.4 is 10.1 Å². The van der Waals surface area contributed by atoms with Gasteiger partial charge in [0.1, 0.15) is 5.75 Å². The zero-order valence-electron chi connectivity index (χ0n) is 17.6. The van der Waals surface area contributed by atoms with Gasteiger partial charge in [0.05, 0.1) is 15.6 Å². The highest BCUT2D eigenvalue weighted by molar-refractivity contribution is 7.89. The SMILES string of the molecule is CN(CCC(=O)Nc1cc(S(=O)(=O)N(C)C)ccc1Cl)Cc1ccc(OC(F)(F)F)cc1. The van der Waals surface area contributed by atoms with Crippen LogP contribution in [0, 0.1) is 0 Å². The number of amides is 1. The molecule has 0 saturated carbocycles. The van der Waals surface area contributed by atoms with Gasteiger partial charge in [-0.25, -0.2) is 12.7 Å². The van der Waals surface area contributed by atoms with Crippen LogP contribution >= 0.6 is 11.6 Å². The maximum atomic E-state index is 12.3. The molecule has 2 rings (SSSR count). The second-order valence-electron chi connectivity index (χ2n) is 7.16. The first-order valence-corrected chi connectivity index (χ1v) is 11.1. The van der Waals surface area contributed by atoms with Gasteiger partial charge in [-0.05, 0) is 42.9 Å². The summed E-state index contributed by atoms with van der Waals surface area (Å²) in [5.74, 6) is -0.675. The van der Waals surface area contributed by atoms with E-state index in [4.69, 9.17) is 11.6 Å². The Balaban J connectivity index is 1.91. The number of halogens is 4. The number of sulfonamides is 1. The molecule has 0 fully saturated rings. The smallest absolute Gasteiger partial charge is 0.406 e. The van der Waals surface area contributed by atoms with E-state index in [0.717, 1.165) is 9.87 Å². The van der Waals surface area contributed by atoms with Gasteiger partial charge in [0.25, 0.3) is 0 Å².